The fourth-order valence-electron chi connectivity index (χ4n) is 2.82. The van der Waals surface area contributed by atoms with Crippen molar-refractivity contribution in [2.45, 2.75) is 16.8 Å². The molecule has 30 heavy (non-hydrogen) atoms. The van der Waals surface area contributed by atoms with Gasteiger partial charge in [-0.3, -0.25) is 4.72 Å². The zero-order valence-corrected chi connectivity index (χ0v) is 18.3. The minimum Gasteiger partial charge on any atom is -0.280 e. The standard InChI is InChI=1S/C19H16N4O4S3/c1-12-20-17-7-6-15(11-18(17)28-12)30(26,27)23-14-5-3-4-13(10-14)16-8-9-19(22-21-16)29(2,24)25/h3-11,23H,1-2H3. The minimum absolute atomic E-state index is 0.128. The van der Waals surface area contributed by atoms with Crippen molar-refractivity contribution in [3.8, 4) is 11.3 Å². The Labute approximate surface area is 177 Å². The Morgan fingerprint density at radius 3 is 2.43 bits per heavy atom. The summed E-state index contributed by atoms with van der Waals surface area (Å²) in [5.41, 5.74) is 2.12. The highest BCUT2D eigenvalue weighted by atomic mass is 32.2. The summed E-state index contributed by atoms with van der Waals surface area (Å²) in [5, 5.41) is 8.40. The Bertz CT molecular complexity index is 1460. The third-order valence-corrected chi connectivity index (χ3v) is 7.50. The van der Waals surface area contributed by atoms with Gasteiger partial charge in [-0.25, -0.2) is 21.8 Å². The molecule has 0 unspecified atom stereocenters. The number of sulfonamides is 1. The molecule has 4 rings (SSSR count). The topological polar surface area (TPSA) is 119 Å². The van der Waals surface area contributed by atoms with Crippen LogP contribution >= 0.6 is 11.3 Å². The van der Waals surface area contributed by atoms with Gasteiger partial charge in [0.25, 0.3) is 10.0 Å². The van der Waals surface area contributed by atoms with Gasteiger partial charge in [0.15, 0.2) is 14.9 Å². The van der Waals surface area contributed by atoms with Crippen LogP contribution in [0.25, 0.3) is 21.5 Å². The molecule has 8 nitrogen and oxygen atoms in total. The van der Waals surface area contributed by atoms with Crippen LogP contribution in [0.1, 0.15) is 5.01 Å². The molecule has 0 atom stereocenters. The number of anilines is 1. The van der Waals surface area contributed by atoms with Crippen LogP contribution in [0.15, 0.2) is 64.5 Å². The molecule has 2 heterocycles. The summed E-state index contributed by atoms with van der Waals surface area (Å²) in [6.45, 7) is 1.87. The van der Waals surface area contributed by atoms with Crippen LogP contribution in [0, 0.1) is 6.92 Å². The molecule has 0 aliphatic carbocycles. The van der Waals surface area contributed by atoms with E-state index in [0.717, 1.165) is 21.5 Å². The first-order valence-electron chi connectivity index (χ1n) is 8.66. The van der Waals surface area contributed by atoms with E-state index in [9.17, 15) is 16.8 Å². The lowest BCUT2D eigenvalue weighted by atomic mass is 10.1. The summed E-state index contributed by atoms with van der Waals surface area (Å²) in [7, 11) is -7.25. The molecule has 1 N–H and O–H groups in total. The van der Waals surface area contributed by atoms with Gasteiger partial charge in [-0.2, -0.15) is 0 Å². The average Bonchev–Trinajstić information content (AvgIpc) is 3.06. The molecule has 2 aromatic carbocycles. The molecular weight excluding hydrogens is 444 g/mol. The number of nitrogens with zero attached hydrogens (tertiary/aromatic N) is 3. The molecule has 0 amide bonds. The van der Waals surface area contributed by atoms with E-state index in [-0.39, 0.29) is 9.92 Å². The Kier molecular flexibility index (Phi) is 5.04. The van der Waals surface area contributed by atoms with Gasteiger partial charge >= 0.3 is 0 Å². The first-order chi connectivity index (χ1) is 14.1. The summed E-state index contributed by atoms with van der Waals surface area (Å²) in [4.78, 5) is 4.48. The van der Waals surface area contributed by atoms with Crippen molar-refractivity contribution in [3.05, 3.63) is 59.6 Å². The fourth-order valence-corrected chi connectivity index (χ4v) is 5.34. The van der Waals surface area contributed by atoms with Gasteiger partial charge in [0.2, 0.25) is 0 Å². The van der Waals surface area contributed by atoms with Crippen LogP contribution in [-0.4, -0.2) is 38.3 Å². The fraction of sp³-hybridized carbons (Fsp3) is 0.105. The molecule has 0 spiro atoms. The summed E-state index contributed by atoms with van der Waals surface area (Å²) < 4.78 is 52.1. The normalized spacial score (nSPS) is 12.2. The van der Waals surface area contributed by atoms with Crippen molar-refractivity contribution in [1.29, 1.82) is 0 Å². The predicted molar refractivity (Wildman–Crippen MR) is 116 cm³/mol. The van der Waals surface area contributed by atoms with Gasteiger partial charge in [0.05, 0.1) is 25.8 Å². The van der Waals surface area contributed by atoms with E-state index >= 15 is 0 Å². The summed E-state index contributed by atoms with van der Waals surface area (Å²) >= 11 is 1.43. The second-order valence-corrected chi connectivity index (χ2v) is 11.5. The van der Waals surface area contributed by atoms with Crippen molar-refractivity contribution in [1.82, 2.24) is 15.2 Å². The summed E-state index contributed by atoms with van der Waals surface area (Å²) in [6.07, 6.45) is 1.05. The largest absolute Gasteiger partial charge is 0.280 e. The molecular formula is C19H16N4O4S3. The highest BCUT2D eigenvalue weighted by Gasteiger charge is 2.17. The Balaban J connectivity index is 1.63. The molecule has 0 radical (unpaired) electrons. The van der Waals surface area contributed by atoms with E-state index in [0.29, 0.717) is 16.9 Å². The van der Waals surface area contributed by atoms with Crippen LogP contribution in [0.5, 0.6) is 0 Å². The second kappa shape index (κ2) is 7.42. The van der Waals surface area contributed by atoms with Gasteiger partial charge < -0.3 is 0 Å². The van der Waals surface area contributed by atoms with Gasteiger partial charge in [0, 0.05) is 17.5 Å². The molecule has 0 bridgehead atoms. The molecule has 0 aliphatic rings. The van der Waals surface area contributed by atoms with Gasteiger partial charge in [-0.15, -0.1) is 21.5 Å². The first-order valence-corrected chi connectivity index (χ1v) is 12.9. The van der Waals surface area contributed by atoms with Crippen LogP contribution in [0.3, 0.4) is 0 Å². The van der Waals surface area contributed by atoms with Gasteiger partial charge in [-0.05, 0) is 49.4 Å². The zero-order valence-electron chi connectivity index (χ0n) is 15.9. The number of aromatic nitrogens is 3. The first kappa shape index (κ1) is 20.4. The maximum Gasteiger partial charge on any atom is 0.261 e. The monoisotopic (exact) mass is 460 g/mol. The predicted octanol–water partition coefficient (Wildman–Crippen LogP) is 3.27. The maximum atomic E-state index is 12.8. The Morgan fingerprint density at radius 1 is 0.933 bits per heavy atom. The maximum absolute atomic E-state index is 12.8. The number of aryl methyl sites for hydroxylation is 1. The van der Waals surface area contributed by atoms with Crippen LogP contribution in [0.2, 0.25) is 0 Å². The zero-order chi connectivity index (χ0) is 21.5. The molecule has 4 aromatic rings. The SMILES string of the molecule is Cc1nc2ccc(S(=O)(=O)Nc3cccc(-c4ccc(S(C)(=O)=O)nn4)c3)cc2s1. The van der Waals surface area contributed by atoms with Gasteiger partial charge in [0.1, 0.15) is 0 Å². The van der Waals surface area contributed by atoms with Crippen molar-refractivity contribution in [2.75, 3.05) is 11.0 Å². The van der Waals surface area contributed by atoms with Crippen molar-refractivity contribution in [3.63, 3.8) is 0 Å². The number of rotatable bonds is 5. The minimum atomic E-state index is -3.81. The number of fused-ring (bicyclic) bond motifs is 1. The second-order valence-electron chi connectivity index (χ2n) is 6.58. The molecule has 2 aromatic heterocycles. The highest BCUT2D eigenvalue weighted by molar-refractivity contribution is 7.92. The van der Waals surface area contributed by atoms with E-state index in [1.165, 1.54) is 29.5 Å². The molecule has 0 aliphatic heterocycles. The molecule has 154 valence electrons. The average molecular weight is 461 g/mol. The van der Waals surface area contributed by atoms with Crippen molar-refractivity contribution >= 4 is 47.1 Å². The number of benzene rings is 2. The number of hydrogen-bond acceptors (Lipinski definition) is 8. The number of thiazole rings is 1. The van der Waals surface area contributed by atoms with Crippen molar-refractivity contribution in [2.24, 2.45) is 0 Å². The summed E-state index contributed by atoms with van der Waals surface area (Å²) in [5.74, 6) is 0. The Morgan fingerprint density at radius 2 is 1.73 bits per heavy atom. The quantitative estimate of drug-likeness (QED) is 0.485. The third-order valence-electron chi connectivity index (χ3n) is 4.21. The number of sulfone groups is 1. The van der Waals surface area contributed by atoms with Crippen LogP contribution in [-0.2, 0) is 19.9 Å². The van der Waals surface area contributed by atoms with E-state index in [2.05, 4.69) is 19.9 Å². The Hall–Kier alpha value is -2.89. The lowest BCUT2D eigenvalue weighted by Gasteiger charge is -2.09. The highest BCUT2D eigenvalue weighted by Crippen LogP contribution is 2.27. The molecule has 0 saturated heterocycles. The third kappa shape index (κ3) is 4.18. The van der Waals surface area contributed by atoms with Crippen LogP contribution < -0.4 is 4.72 Å². The van der Waals surface area contributed by atoms with E-state index in [1.807, 2.05) is 6.92 Å². The number of hydrogen-bond donors (Lipinski definition) is 1. The molecule has 0 saturated carbocycles. The lowest BCUT2D eigenvalue weighted by Crippen LogP contribution is -2.12. The van der Waals surface area contributed by atoms with Gasteiger partial charge in [-0.1, -0.05) is 12.1 Å². The van der Waals surface area contributed by atoms with E-state index in [4.69, 9.17) is 0 Å². The van der Waals surface area contributed by atoms with E-state index < -0.39 is 19.9 Å². The lowest BCUT2D eigenvalue weighted by molar-refractivity contribution is 0.595. The number of nitrogens with one attached hydrogen (secondary N) is 1. The van der Waals surface area contributed by atoms with Crippen molar-refractivity contribution < 1.29 is 16.8 Å². The molecule has 11 heteroatoms. The molecule has 0 fully saturated rings. The van der Waals surface area contributed by atoms with Crippen LogP contribution in [0.4, 0.5) is 5.69 Å². The smallest absolute Gasteiger partial charge is 0.261 e. The summed E-state index contributed by atoms with van der Waals surface area (Å²) in [6, 6.07) is 14.3. The van der Waals surface area contributed by atoms with E-state index in [1.54, 1.807) is 36.4 Å².